The highest BCUT2D eigenvalue weighted by molar-refractivity contribution is 9.10. The molecule has 0 bridgehead atoms. The van der Waals surface area contributed by atoms with Crippen LogP contribution in [0.15, 0.2) is 70.1 Å². The van der Waals surface area contributed by atoms with Crippen molar-refractivity contribution >= 4 is 48.9 Å². The maximum atomic E-state index is 13.3. The molecule has 9 heteroatoms. The Morgan fingerprint density at radius 1 is 1.06 bits per heavy atom. The molecule has 3 atom stereocenters. The van der Waals surface area contributed by atoms with Gasteiger partial charge in [-0.2, -0.15) is 0 Å². The number of anilines is 2. The molecule has 180 valence electrons. The lowest BCUT2D eigenvalue weighted by Crippen LogP contribution is -2.29. The molecule has 0 saturated heterocycles. The first kappa shape index (κ1) is 22.8. The summed E-state index contributed by atoms with van der Waals surface area (Å²) in [5.41, 5.74) is 4.26. The van der Waals surface area contributed by atoms with E-state index in [2.05, 4.69) is 38.1 Å². The normalized spacial score (nSPS) is 21.9. The van der Waals surface area contributed by atoms with E-state index in [-0.39, 0.29) is 29.6 Å². The molecule has 0 saturated carbocycles. The zero-order chi connectivity index (χ0) is 24.3. The van der Waals surface area contributed by atoms with Gasteiger partial charge in [0.1, 0.15) is 0 Å². The number of benzene rings is 3. The highest BCUT2D eigenvalue weighted by atomic mass is 79.9. The Kier molecular flexibility index (Phi) is 5.51. The minimum absolute atomic E-state index is 0.0288. The minimum Gasteiger partial charge on any atom is -0.454 e. The molecule has 0 spiro atoms. The predicted molar refractivity (Wildman–Crippen MR) is 140 cm³/mol. The van der Waals surface area contributed by atoms with Crippen LogP contribution in [0.1, 0.15) is 35.1 Å². The van der Waals surface area contributed by atoms with E-state index in [0.717, 1.165) is 44.8 Å². The van der Waals surface area contributed by atoms with Gasteiger partial charge in [0.05, 0.1) is 16.6 Å². The van der Waals surface area contributed by atoms with Crippen molar-refractivity contribution in [2.45, 2.75) is 30.2 Å². The fraction of sp³-hybridized carbons (Fsp3) is 0.231. The van der Waals surface area contributed by atoms with E-state index in [0.29, 0.717) is 10.7 Å². The molecule has 0 fully saturated rings. The van der Waals surface area contributed by atoms with Gasteiger partial charge in [0.2, 0.25) is 6.79 Å². The number of allylic oxidation sites excluding steroid dienone is 2. The minimum atomic E-state index is -3.79. The molecule has 0 aromatic heterocycles. The maximum Gasteiger partial charge on any atom is 0.261 e. The third kappa shape index (κ3) is 3.97. The lowest BCUT2D eigenvalue weighted by atomic mass is 9.77. The molecular weight excluding hydrogens is 552 g/mol. The van der Waals surface area contributed by atoms with E-state index in [1.807, 2.05) is 25.1 Å². The largest absolute Gasteiger partial charge is 0.454 e. The monoisotopic (exact) mass is 572 g/mol. The molecule has 3 aromatic rings. The van der Waals surface area contributed by atoms with Crippen LogP contribution in [0.2, 0.25) is 5.02 Å². The summed E-state index contributed by atoms with van der Waals surface area (Å²) in [6.45, 7) is 2.06. The summed E-state index contributed by atoms with van der Waals surface area (Å²) in [6, 6.07) is 14.4. The fourth-order valence-corrected chi connectivity index (χ4v) is 7.02. The van der Waals surface area contributed by atoms with Crippen molar-refractivity contribution in [3.8, 4) is 11.5 Å². The number of ether oxygens (including phenoxy) is 2. The van der Waals surface area contributed by atoms with Crippen LogP contribution >= 0.6 is 27.5 Å². The molecule has 3 aromatic carbocycles. The molecule has 2 heterocycles. The summed E-state index contributed by atoms with van der Waals surface area (Å²) in [5.74, 6) is 1.80. The highest BCUT2D eigenvalue weighted by Gasteiger charge is 2.39. The van der Waals surface area contributed by atoms with Gasteiger partial charge in [0.25, 0.3) is 10.0 Å². The van der Waals surface area contributed by atoms with Crippen LogP contribution in [-0.4, -0.2) is 15.2 Å². The number of rotatable bonds is 4. The van der Waals surface area contributed by atoms with Gasteiger partial charge in [-0.1, -0.05) is 45.7 Å². The average molecular weight is 574 g/mol. The molecule has 2 aliphatic heterocycles. The topological polar surface area (TPSA) is 76.7 Å². The number of aryl methyl sites for hydroxylation is 1. The number of halogens is 2. The van der Waals surface area contributed by atoms with E-state index in [9.17, 15) is 8.42 Å². The third-order valence-electron chi connectivity index (χ3n) is 6.92. The van der Waals surface area contributed by atoms with Crippen molar-refractivity contribution in [2.24, 2.45) is 5.92 Å². The Morgan fingerprint density at radius 3 is 2.69 bits per heavy atom. The third-order valence-corrected chi connectivity index (χ3v) is 9.20. The van der Waals surface area contributed by atoms with Gasteiger partial charge in [0.15, 0.2) is 11.5 Å². The van der Waals surface area contributed by atoms with Gasteiger partial charge >= 0.3 is 0 Å². The van der Waals surface area contributed by atoms with Gasteiger partial charge < -0.3 is 14.8 Å². The number of fused-ring (bicyclic) bond motifs is 4. The SMILES string of the molecule is Cc1ccc(Cl)cc1NS(=O)(=O)c1ccc2c(c1)[C@H]1C=CC[C@H]1[C@@H](c1cc3c(cc1Br)OCO3)N2. The summed E-state index contributed by atoms with van der Waals surface area (Å²) in [5, 5.41) is 4.14. The first-order chi connectivity index (χ1) is 16.8. The average Bonchev–Trinajstić information content (AvgIpc) is 3.49. The molecular formula is C26H22BrClN2O4S. The summed E-state index contributed by atoms with van der Waals surface area (Å²) >= 11 is 9.79. The van der Waals surface area contributed by atoms with Crippen molar-refractivity contribution < 1.29 is 17.9 Å². The van der Waals surface area contributed by atoms with E-state index in [4.69, 9.17) is 21.1 Å². The summed E-state index contributed by atoms with van der Waals surface area (Å²) < 4.78 is 41.3. The van der Waals surface area contributed by atoms with Gasteiger partial charge in [-0.3, -0.25) is 4.72 Å². The standard InChI is InChI=1S/C26H22BrClN2O4S/c1-14-5-6-15(28)9-23(14)30-35(31,32)16-7-8-22-19(10-16)17-3-2-4-18(17)26(29-22)20-11-24-25(12-21(20)27)34-13-33-24/h2-3,5-12,17-18,26,29-30H,4,13H2,1H3/t17-,18+,26-/m0/s1. The lowest BCUT2D eigenvalue weighted by Gasteiger charge is -2.38. The van der Waals surface area contributed by atoms with Gasteiger partial charge in [-0.25, -0.2) is 8.42 Å². The quantitative estimate of drug-likeness (QED) is 0.337. The zero-order valence-electron chi connectivity index (χ0n) is 18.7. The van der Waals surface area contributed by atoms with Crippen LogP contribution in [0.5, 0.6) is 11.5 Å². The number of sulfonamides is 1. The number of hydrogen-bond donors (Lipinski definition) is 2. The molecule has 35 heavy (non-hydrogen) atoms. The summed E-state index contributed by atoms with van der Waals surface area (Å²) in [6.07, 6.45) is 5.25. The van der Waals surface area contributed by atoms with Crippen LogP contribution in [0.25, 0.3) is 0 Å². The van der Waals surface area contributed by atoms with Crippen molar-refractivity contribution in [1.29, 1.82) is 0 Å². The van der Waals surface area contributed by atoms with Crippen LogP contribution in [0.3, 0.4) is 0 Å². The number of nitrogens with one attached hydrogen (secondary N) is 2. The molecule has 6 nitrogen and oxygen atoms in total. The molecule has 6 rings (SSSR count). The van der Waals surface area contributed by atoms with Crippen molar-refractivity contribution in [1.82, 2.24) is 0 Å². The number of hydrogen-bond acceptors (Lipinski definition) is 5. The highest BCUT2D eigenvalue weighted by Crippen LogP contribution is 2.52. The second kappa shape index (κ2) is 8.47. The first-order valence-electron chi connectivity index (χ1n) is 11.3. The zero-order valence-corrected chi connectivity index (χ0v) is 21.9. The Hall–Kier alpha value is -2.68. The summed E-state index contributed by atoms with van der Waals surface area (Å²) in [4.78, 5) is 0.221. The maximum absolute atomic E-state index is 13.3. The Morgan fingerprint density at radius 2 is 1.86 bits per heavy atom. The Bertz CT molecular complexity index is 1490. The molecule has 2 N–H and O–H groups in total. The van der Waals surface area contributed by atoms with Crippen LogP contribution < -0.4 is 19.5 Å². The van der Waals surface area contributed by atoms with Crippen LogP contribution in [-0.2, 0) is 10.0 Å². The van der Waals surface area contributed by atoms with Crippen LogP contribution in [0, 0.1) is 12.8 Å². The van der Waals surface area contributed by atoms with Gasteiger partial charge in [-0.05, 0) is 78.4 Å². The molecule has 0 unspecified atom stereocenters. The summed E-state index contributed by atoms with van der Waals surface area (Å²) in [7, 11) is -3.79. The van der Waals surface area contributed by atoms with E-state index < -0.39 is 10.0 Å². The smallest absolute Gasteiger partial charge is 0.261 e. The molecule has 1 aliphatic carbocycles. The first-order valence-corrected chi connectivity index (χ1v) is 13.9. The molecule has 3 aliphatic rings. The van der Waals surface area contributed by atoms with Crippen LogP contribution in [0.4, 0.5) is 11.4 Å². The van der Waals surface area contributed by atoms with Gasteiger partial charge in [-0.15, -0.1) is 0 Å². The second-order valence-corrected chi connectivity index (χ2v) is 12.0. The van der Waals surface area contributed by atoms with Crippen molar-refractivity contribution in [3.63, 3.8) is 0 Å². The van der Waals surface area contributed by atoms with E-state index in [1.165, 1.54) is 0 Å². The van der Waals surface area contributed by atoms with Gasteiger partial charge in [0, 0.05) is 21.1 Å². The molecule has 0 radical (unpaired) electrons. The molecule has 0 amide bonds. The fourth-order valence-electron chi connectivity index (χ4n) is 5.13. The second-order valence-electron chi connectivity index (χ2n) is 9.02. The Labute approximate surface area is 217 Å². The predicted octanol–water partition coefficient (Wildman–Crippen LogP) is 6.77. The van der Waals surface area contributed by atoms with Crippen molar-refractivity contribution in [2.75, 3.05) is 16.8 Å². The van der Waals surface area contributed by atoms with E-state index in [1.54, 1.807) is 30.3 Å². The Balaban J connectivity index is 1.36. The van der Waals surface area contributed by atoms with Crippen molar-refractivity contribution in [3.05, 3.63) is 86.9 Å². The van der Waals surface area contributed by atoms with E-state index >= 15 is 0 Å². The lowest BCUT2D eigenvalue weighted by molar-refractivity contribution is 0.174.